The zero-order chi connectivity index (χ0) is 7.42. The summed E-state index contributed by atoms with van der Waals surface area (Å²) in [6.07, 6.45) is 8.37. The first-order chi connectivity index (χ1) is 5.36. The van der Waals surface area contributed by atoms with Gasteiger partial charge in [-0.3, -0.25) is 0 Å². The summed E-state index contributed by atoms with van der Waals surface area (Å²) in [5, 5.41) is 9.64. The van der Waals surface area contributed by atoms with Crippen LogP contribution in [-0.2, 0) is 0 Å². The van der Waals surface area contributed by atoms with Crippen LogP contribution in [0.5, 0.6) is 0 Å². The number of hydrogen-bond acceptors (Lipinski definition) is 1. The first-order valence-corrected chi connectivity index (χ1v) is 4.71. The molecule has 5 atom stereocenters. The van der Waals surface area contributed by atoms with E-state index in [1.54, 1.807) is 0 Å². The fourth-order valence-electron chi connectivity index (χ4n) is 3.52. The van der Waals surface area contributed by atoms with Crippen molar-refractivity contribution in [2.24, 2.45) is 23.7 Å². The molecule has 60 valence electrons. The second-order valence-electron chi connectivity index (χ2n) is 4.37. The Morgan fingerprint density at radius 3 is 3.00 bits per heavy atom. The molecule has 0 spiro atoms. The molecule has 1 heteroatoms. The Kier molecular flexibility index (Phi) is 1.07. The SMILES string of the molecule is O[C@H]1C[C@H]2C[C@@H]1[C@@H]1CC=C[C@H]21. The quantitative estimate of drug-likeness (QED) is 0.520. The molecule has 0 radical (unpaired) electrons. The molecule has 0 saturated heterocycles. The zero-order valence-corrected chi connectivity index (χ0v) is 6.61. The first kappa shape index (κ1) is 6.24. The highest BCUT2D eigenvalue weighted by molar-refractivity contribution is 5.14. The van der Waals surface area contributed by atoms with E-state index in [0.717, 1.165) is 24.2 Å². The van der Waals surface area contributed by atoms with Crippen LogP contribution >= 0.6 is 0 Å². The summed E-state index contributed by atoms with van der Waals surface area (Å²) in [5.41, 5.74) is 0. The molecular formula is C10H14O. The van der Waals surface area contributed by atoms with Gasteiger partial charge in [-0.05, 0) is 42.9 Å². The molecule has 1 N–H and O–H groups in total. The third-order valence-corrected chi connectivity index (χ3v) is 3.97. The molecule has 0 aromatic rings. The van der Waals surface area contributed by atoms with E-state index in [0.29, 0.717) is 5.92 Å². The third kappa shape index (κ3) is 0.652. The first-order valence-electron chi connectivity index (χ1n) is 4.71. The summed E-state index contributed by atoms with van der Waals surface area (Å²) in [6, 6.07) is 0. The molecule has 0 aromatic carbocycles. The van der Waals surface area contributed by atoms with E-state index in [-0.39, 0.29) is 6.10 Å². The Morgan fingerprint density at radius 1 is 1.18 bits per heavy atom. The van der Waals surface area contributed by atoms with Gasteiger partial charge >= 0.3 is 0 Å². The number of fused-ring (bicyclic) bond motifs is 5. The van der Waals surface area contributed by atoms with Crippen molar-refractivity contribution in [3.05, 3.63) is 12.2 Å². The van der Waals surface area contributed by atoms with Crippen molar-refractivity contribution in [1.82, 2.24) is 0 Å². The lowest BCUT2D eigenvalue weighted by atomic mass is 9.80. The Bertz CT molecular complexity index is 209. The topological polar surface area (TPSA) is 20.2 Å². The molecule has 0 amide bonds. The summed E-state index contributed by atoms with van der Waals surface area (Å²) in [6.45, 7) is 0. The van der Waals surface area contributed by atoms with E-state index in [2.05, 4.69) is 12.2 Å². The average molecular weight is 150 g/mol. The normalized spacial score (nSPS) is 58.8. The van der Waals surface area contributed by atoms with Gasteiger partial charge in [0.05, 0.1) is 6.10 Å². The summed E-state index contributed by atoms with van der Waals surface area (Å²) >= 11 is 0. The summed E-state index contributed by atoms with van der Waals surface area (Å²) < 4.78 is 0. The molecule has 0 heterocycles. The average Bonchev–Trinajstić information content (AvgIpc) is 2.52. The lowest BCUT2D eigenvalue weighted by molar-refractivity contribution is 0.0697. The molecule has 2 saturated carbocycles. The van der Waals surface area contributed by atoms with Gasteiger partial charge in [0.25, 0.3) is 0 Å². The highest BCUT2D eigenvalue weighted by atomic mass is 16.3. The van der Waals surface area contributed by atoms with Gasteiger partial charge in [-0.2, -0.15) is 0 Å². The third-order valence-electron chi connectivity index (χ3n) is 3.97. The van der Waals surface area contributed by atoms with Gasteiger partial charge in [0.2, 0.25) is 0 Å². The lowest BCUT2D eigenvalue weighted by Gasteiger charge is -2.27. The van der Waals surface area contributed by atoms with Crippen molar-refractivity contribution in [3.8, 4) is 0 Å². The molecule has 0 unspecified atom stereocenters. The summed E-state index contributed by atoms with van der Waals surface area (Å²) in [7, 11) is 0. The van der Waals surface area contributed by atoms with Crippen LogP contribution in [0.15, 0.2) is 12.2 Å². The largest absolute Gasteiger partial charge is 0.393 e. The highest BCUT2D eigenvalue weighted by Gasteiger charge is 2.51. The minimum Gasteiger partial charge on any atom is -0.393 e. The monoisotopic (exact) mass is 150 g/mol. The highest BCUT2D eigenvalue weighted by Crippen LogP contribution is 2.56. The Balaban J connectivity index is 1.94. The van der Waals surface area contributed by atoms with E-state index in [1.807, 2.05) is 0 Å². The van der Waals surface area contributed by atoms with Crippen LogP contribution in [0.1, 0.15) is 19.3 Å². The Hall–Kier alpha value is -0.300. The maximum absolute atomic E-state index is 9.64. The second-order valence-corrected chi connectivity index (χ2v) is 4.37. The maximum atomic E-state index is 9.64. The molecule has 3 rings (SSSR count). The van der Waals surface area contributed by atoms with Crippen LogP contribution in [0.2, 0.25) is 0 Å². The van der Waals surface area contributed by atoms with Crippen LogP contribution in [0.4, 0.5) is 0 Å². The van der Waals surface area contributed by atoms with Gasteiger partial charge in [-0.25, -0.2) is 0 Å². The van der Waals surface area contributed by atoms with Gasteiger partial charge in [0, 0.05) is 0 Å². The van der Waals surface area contributed by atoms with Gasteiger partial charge in [0.1, 0.15) is 0 Å². The zero-order valence-electron chi connectivity index (χ0n) is 6.61. The van der Waals surface area contributed by atoms with E-state index in [9.17, 15) is 5.11 Å². The van der Waals surface area contributed by atoms with Gasteiger partial charge in [-0.15, -0.1) is 0 Å². The minimum atomic E-state index is 0.0427. The molecule has 0 aromatic heterocycles. The van der Waals surface area contributed by atoms with Crippen LogP contribution in [0.3, 0.4) is 0 Å². The Labute approximate surface area is 67.1 Å². The van der Waals surface area contributed by atoms with Crippen LogP contribution in [0, 0.1) is 23.7 Å². The van der Waals surface area contributed by atoms with E-state index >= 15 is 0 Å². The van der Waals surface area contributed by atoms with Crippen LogP contribution in [-0.4, -0.2) is 11.2 Å². The fourth-order valence-corrected chi connectivity index (χ4v) is 3.52. The van der Waals surface area contributed by atoms with E-state index in [4.69, 9.17) is 0 Å². The van der Waals surface area contributed by atoms with Crippen LogP contribution in [0.25, 0.3) is 0 Å². The molecule has 0 aliphatic heterocycles. The number of rotatable bonds is 0. The molecule has 2 bridgehead atoms. The van der Waals surface area contributed by atoms with Crippen molar-refractivity contribution in [2.45, 2.75) is 25.4 Å². The lowest BCUT2D eigenvalue weighted by Crippen LogP contribution is -2.27. The van der Waals surface area contributed by atoms with Crippen LogP contribution < -0.4 is 0 Å². The molecule has 3 aliphatic carbocycles. The van der Waals surface area contributed by atoms with Gasteiger partial charge in [0.15, 0.2) is 0 Å². The molecule has 11 heavy (non-hydrogen) atoms. The predicted molar refractivity (Wildman–Crippen MR) is 43.0 cm³/mol. The van der Waals surface area contributed by atoms with Crippen molar-refractivity contribution in [3.63, 3.8) is 0 Å². The summed E-state index contributed by atoms with van der Waals surface area (Å²) in [4.78, 5) is 0. The van der Waals surface area contributed by atoms with Gasteiger partial charge in [-0.1, -0.05) is 12.2 Å². The van der Waals surface area contributed by atoms with Crippen molar-refractivity contribution in [2.75, 3.05) is 0 Å². The smallest absolute Gasteiger partial charge is 0.0574 e. The van der Waals surface area contributed by atoms with Crippen molar-refractivity contribution >= 4 is 0 Å². The Morgan fingerprint density at radius 2 is 2.09 bits per heavy atom. The van der Waals surface area contributed by atoms with Crippen molar-refractivity contribution in [1.29, 1.82) is 0 Å². The fraction of sp³-hybridized carbons (Fsp3) is 0.800. The minimum absolute atomic E-state index is 0.0427. The molecule has 1 nitrogen and oxygen atoms in total. The van der Waals surface area contributed by atoms with Crippen molar-refractivity contribution < 1.29 is 5.11 Å². The van der Waals surface area contributed by atoms with E-state index < -0.39 is 0 Å². The molecular weight excluding hydrogens is 136 g/mol. The predicted octanol–water partition coefficient (Wildman–Crippen LogP) is 1.58. The standard InChI is InChI=1S/C10H14O/c11-10-5-6-4-9(10)8-3-1-2-7(6)8/h1-2,6-11H,3-5H2/t6-,7-,8-,9-,10+/m1/s1. The number of aliphatic hydroxyl groups is 1. The number of allylic oxidation sites excluding steroid dienone is 2. The molecule has 3 aliphatic rings. The number of hydrogen-bond donors (Lipinski definition) is 1. The van der Waals surface area contributed by atoms with E-state index in [1.165, 1.54) is 12.8 Å². The molecule has 2 fully saturated rings. The number of aliphatic hydroxyl groups excluding tert-OH is 1. The second kappa shape index (κ2) is 1.89. The van der Waals surface area contributed by atoms with Gasteiger partial charge < -0.3 is 5.11 Å². The summed E-state index contributed by atoms with van der Waals surface area (Å²) in [5.74, 6) is 3.16. The maximum Gasteiger partial charge on any atom is 0.0574 e.